The fourth-order valence-electron chi connectivity index (χ4n) is 3.55. The van der Waals surface area contributed by atoms with Crippen LogP contribution < -0.4 is 0 Å². The normalized spacial score (nSPS) is 25.2. The van der Waals surface area contributed by atoms with Gasteiger partial charge in [0.05, 0.1) is 22.3 Å². The Morgan fingerprint density at radius 2 is 2.17 bits per heavy atom. The highest BCUT2D eigenvalue weighted by Crippen LogP contribution is 2.63. The van der Waals surface area contributed by atoms with Crippen LogP contribution in [0.15, 0.2) is 34.7 Å². The van der Waals surface area contributed by atoms with Gasteiger partial charge in [-0.1, -0.05) is 44.7 Å². The smallest absolute Gasteiger partial charge is 0.354 e. The van der Waals surface area contributed by atoms with E-state index in [1.165, 1.54) is 34.5 Å². The lowest BCUT2D eigenvalue weighted by Gasteiger charge is -2.56. The van der Waals surface area contributed by atoms with E-state index in [2.05, 4.69) is 40.4 Å². The Kier molecular flexibility index (Phi) is 7.39. The molecule has 0 aromatic rings. The van der Waals surface area contributed by atoms with Crippen LogP contribution in [0, 0.1) is 17.2 Å². The average molecular weight is 467 g/mol. The molecule has 0 aromatic heterocycles. The van der Waals surface area contributed by atoms with Gasteiger partial charge < -0.3 is 9.53 Å². The molecule has 0 aliphatic carbocycles. The molecule has 2 rings (SSSR count). The van der Waals surface area contributed by atoms with Gasteiger partial charge in [-0.25, -0.2) is 4.79 Å². The van der Waals surface area contributed by atoms with Crippen LogP contribution in [-0.4, -0.2) is 46.9 Å². The van der Waals surface area contributed by atoms with Gasteiger partial charge in [-0.05, 0) is 31.5 Å². The molecule has 1 fully saturated rings. The van der Waals surface area contributed by atoms with E-state index in [0.717, 1.165) is 0 Å². The molecule has 6 nitrogen and oxygen atoms in total. The molecule has 9 heteroatoms. The number of carboxylic acids is 1. The summed E-state index contributed by atoms with van der Waals surface area (Å²) in [6.45, 7) is 16.5. The Morgan fingerprint density at radius 1 is 1.53 bits per heavy atom. The van der Waals surface area contributed by atoms with Gasteiger partial charge in [0.15, 0.2) is 14.0 Å². The highest BCUT2D eigenvalue weighted by atomic mass is 32.2. The van der Waals surface area contributed by atoms with Crippen molar-refractivity contribution >= 4 is 43.7 Å². The van der Waals surface area contributed by atoms with Crippen LogP contribution in [0.1, 0.15) is 34.1 Å². The van der Waals surface area contributed by atoms with Crippen LogP contribution in [0.4, 0.5) is 0 Å². The predicted molar refractivity (Wildman–Crippen MR) is 125 cm³/mol. The number of carbonyl (C=O) groups is 2. The number of nitrogens with zero attached hydrogens (tertiary/aromatic N) is 2. The quantitative estimate of drug-likeness (QED) is 0.223. The maximum absolute atomic E-state index is 13.2. The van der Waals surface area contributed by atoms with Crippen molar-refractivity contribution in [2.45, 2.75) is 63.2 Å². The molecule has 0 radical (unpaired) electrons. The van der Waals surface area contributed by atoms with Crippen molar-refractivity contribution in [3.63, 3.8) is 0 Å². The number of allylic oxidation sites excluding steroid dienone is 1. The standard InChI is InChI=1S/C21H30N2O4S2Si/c1-8-11-21-15(14(2)27-30(6,7)20(3,4)5)17(24)23(21)16(18(25)26)19(29-21)28-13-10-9-12-22/h8-10,14-15H,1,11,13H2,2-7H3,(H,25,26)/t14-,15+,21-/m1/s1. The highest BCUT2D eigenvalue weighted by molar-refractivity contribution is 8.23. The summed E-state index contributed by atoms with van der Waals surface area (Å²) in [7, 11) is -2.11. The lowest BCUT2D eigenvalue weighted by atomic mass is 9.80. The Morgan fingerprint density at radius 3 is 2.67 bits per heavy atom. The number of rotatable bonds is 9. The fourth-order valence-corrected chi connectivity index (χ4v) is 7.99. The second kappa shape index (κ2) is 8.95. The van der Waals surface area contributed by atoms with Gasteiger partial charge in [-0.15, -0.1) is 18.3 Å². The van der Waals surface area contributed by atoms with Crippen molar-refractivity contribution in [1.82, 2.24) is 4.90 Å². The van der Waals surface area contributed by atoms with Gasteiger partial charge in [-0.3, -0.25) is 9.69 Å². The van der Waals surface area contributed by atoms with Crippen molar-refractivity contribution in [1.29, 1.82) is 5.26 Å². The molecule has 2 aliphatic heterocycles. The van der Waals surface area contributed by atoms with Crippen molar-refractivity contribution in [2.75, 3.05) is 5.75 Å². The van der Waals surface area contributed by atoms with E-state index in [1.54, 1.807) is 12.2 Å². The van der Waals surface area contributed by atoms with E-state index >= 15 is 0 Å². The summed E-state index contributed by atoms with van der Waals surface area (Å²) >= 11 is 2.74. The second-order valence-electron chi connectivity index (χ2n) is 8.96. The number of amides is 1. The van der Waals surface area contributed by atoms with Crippen LogP contribution in [0.2, 0.25) is 18.1 Å². The van der Waals surface area contributed by atoms with E-state index in [9.17, 15) is 14.7 Å². The first-order valence-electron chi connectivity index (χ1n) is 9.81. The van der Waals surface area contributed by atoms with Gasteiger partial charge in [-0.2, -0.15) is 5.26 Å². The van der Waals surface area contributed by atoms with Crippen molar-refractivity contribution in [2.24, 2.45) is 5.92 Å². The molecular weight excluding hydrogens is 436 g/mol. The molecule has 3 atom stereocenters. The third-order valence-electron chi connectivity index (χ3n) is 5.94. The summed E-state index contributed by atoms with van der Waals surface area (Å²) < 4.78 is 7.11. The summed E-state index contributed by atoms with van der Waals surface area (Å²) in [4.78, 5) is 25.9. The molecule has 164 valence electrons. The van der Waals surface area contributed by atoms with E-state index in [4.69, 9.17) is 9.69 Å². The number of hydrogen-bond donors (Lipinski definition) is 1. The van der Waals surface area contributed by atoms with Gasteiger partial charge in [0.25, 0.3) is 0 Å². The van der Waals surface area contributed by atoms with Gasteiger partial charge in [0.1, 0.15) is 4.87 Å². The minimum absolute atomic E-state index is 0.000719. The van der Waals surface area contributed by atoms with Crippen molar-refractivity contribution < 1.29 is 19.1 Å². The third-order valence-corrected chi connectivity index (χ3v) is 13.3. The lowest BCUT2D eigenvalue weighted by Crippen LogP contribution is -2.70. The van der Waals surface area contributed by atoms with E-state index < -0.39 is 25.1 Å². The van der Waals surface area contributed by atoms with Crippen LogP contribution in [0.25, 0.3) is 0 Å². The first-order chi connectivity index (χ1) is 13.8. The van der Waals surface area contributed by atoms with Crippen LogP contribution in [0.5, 0.6) is 0 Å². The number of β-lactam (4-membered cyclic amide) rings is 1. The number of thioether (sulfide) groups is 2. The summed E-state index contributed by atoms with van der Waals surface area (Å²) in [5.74, 6) is -1.32. The summed E-state index contributed by atoms with van der Waals surface area (Å²) in [5.41, 5.74) is 0.0259. The summed E-state index contributed by atoms with van der Waals surface area (Å²) in [6, 6.07) is 1.92. The SMILES string of the molecule is C=CC[C@]12SC(SCC=CC#N)=C(C(=O)O)N1C(=O)[C@@H]2[C@@H](C)O[Si](C)(C)C(C)(C)C. The van der Waals surface area contributed by atoms with Gasteiger partial charge >= 0.3 is 5.97 Å². The number of nitriles is 1. The molecule has 0 bridgehead atoms. The number of hydrogen-bond acceptors (Lipinski definition) is 6. The molecule has 2 aliphatic rings. The molecule has 1 saturated heterocycles. The Hall–Kier alpha value is -1.47. The zero-order valence-corrected chi connectivity index (χ0v) is 21.0. The molecule has 30 heavy (non-hydrogen) atoms. The monoisotopic (exact) mass is 466 g/mol. The summed E-state index contributed by atoms with van der Waals surface area (Å²) in [6.07, 6.45) is 4.91. The van der Waals surface area contributed by atoms with Crippen molar-refractivity contribution in [3.05, 3.63) is 34.7 Å². The predicted octanol–water partition coefficient (Wildman–Crippen LogP) is 4.94. The zero-order chi connectivity index (χ0) is 22.9. The summed E-state index contributed by atoms with van der Waals surface area (Å²) in [5, 5.41) is 18.5. The van der Waals surface area contributed by atoms with Crippen LogP contribution >= 0.6 is 23.5 Å². The number of carbonyl (C=O) groups excluding carboxylic acids is 1. The largest absolute Gasteiger partial charge is 0.477 e. The minimum atomic E-state index is -2.11. The van der Waals surface area contributed by atoms with E-state index in [1.807, 2.05) is 13.0 Å². The first kappa shape index (κ1) is 24.8. The second-order valence-corrected chi connectivity index (χ2v) is 16.3. The van der Waals surface area contributed by atoms with E-state index in [0.29, 0.717) is 16.4 Å². The lowest BCUT2D eigenvalue weighted by molar-refractivity contribution is -0.165. The minimum Gasteiger partial charge on any atom is -0.477 e. The number of carboxylic acid groups (broad SMARTS) is 1. The Bertz CT molecular complexity index is 841. The topological polar surface area (TPSA) is 90.6 Å². The molecule has 0 aromatic carbocycles. The molecule has 0 unspecified atom stereocenters. The molecular formula is C21H30N2O4S2Si. The number of aliphatic carboxylic acids is 1. The number of fused-ring (bicyclic) bond motifs is 1. The average Bonchev–Trinajstić information content (AvgIpc) is 2.88. The molecule has 0 saturated carbocycles. The molecule has 1 amide bonds. The molecule has 1 N–H and O–H groups in total. The van der Waals surface area contributed by atoms with Crippen LogP contribution in [-0.2, 0) is 14.0 Å². The molecule has 0 spiro atoms. The Labute approximate surface area is 188 Å². The molecule has 2 heterocycles. The van der Waals surface area contributed by atoms with E-state index in [-0.39, 0.29) is 22.7 Å². The highest BCUT2D eigenvalue weighted by Gasteiger charge is 2.68. The maximum Gasteiger partial charge on any atom is 0.354 e. The maximum atomic E-state index is 13.2. The van der Waals surface area contributed by atoms with Crippen molar-refractivity contribution in [3.8, 4) is 6.07 Å². The van der Waals surface area contributed by atoms with Gasteiger partial charge in [0, 0.05) is 11.8 Å². The fraction of sp³-hybridized carbons (Fsp3) is 0.571. The Balaban J connectivity index is 2.36. The zero-order valence-electron chi connectivity index (χ0n) is 18.4. The third kappa shape index (κ3) is 4.28. The van der Waals surface area contributed by atoms with Gasteiger partial charge in [0.2, 0.25) is 5.91 Å². The van der Waals surface area contributed by atoms with Crippen LogP contribution in [0.3, 0.4) is 0 Å². The first-order valence-corrected chi connectivity index (χ1v) is 14.5.